The summed E-state index contributed by atoms with van der Waals surface area (Å²) in [5.41, 5.74) is 1.42. The van der Waals surface area contributed by atoms with Crippen molar-refractivity contribution in [2.45, 2.75) is 25.4 Å². The van der Waals surface area contributed by atoms with Gasteiger partial charge in [-0.05, 0) is 42.8 Å². The number of alkyl halides is 2. The lowest BCUT2D eigenvalue weighted by Gasteiger charge is -2.13. The molecule has 0 aromatic heterocycles. The molecule has 0 fully saturated rings. The quantitative estimate of drug-likeness (QED) is 0.761. The van der Waals surface area contributed by atoms with Gasteiger partial charge in [0.05, 0.1) is 15.6 Å². The van der Waals surface area contributed by atoms with Crippen LogP contribution in [0.2, 0.25) is 5.02 Å². The minimum Gasteiger partial charge on any atom is -0.433 e. The van der Waals surface area contributed by atoms with Crippen molar-refractivity contribution in [3.63, 3.8) is 0 Å². The van der Waals surface area contributed by atoms with Crippen LogP contribution < -0.4 is 14.8 Å². The van der Waals surface area contributed by atoms with Crippen molar-refractivity contribution in [2.24, 2.45) is 0 Å². The van der Waals surface area contributed by atoms with Gasteiger partial charge in [0.25, 0.3) is 10.0 Å². The lowest BCUT2D eigenvalue weighted by Crippen LogP contribution is -2.14. The monoisotopic (exact) mass is 404 g/mol. The van der Waals surface area contributed by atoms with E-state index in [0.29, 0.717) is 5.69 Å². The van der Waals surface area contributed by atoms with E-state index in [0.717, 1.165) is 23.8 Å². The molecule has 0 aliphatic rings. The highest BCUT2D eigenvalue weighted by Crippen LogP contribution is 2.30. The summed E-state index contributed by atoms with van der Waals surface area (Å²) in [5, 5.41) is 2.32. The van der Waals surface area contributed by atoms with Crippen LogP contribution in [0.3, 0.4) is 0 Å². The van der Waals surface area contributed by atoms with Crippen molar-refractivity contribution >= 4 is 38.9 Å². The average molecular weight is 405 g/mol. The second-order valence-corrected chi connectivity index (χ2v) is 7.38. The first kappa shape index (κ1) is 19.9. The molecular formula is C16H15ClF2N2O4S. The van der Waals surface area contributed by atoms with Crippen LogP contribution in [0.15, 0.2) is 41.3 Å². The van der Waals surface area contributed by atoms with Gasteiger partial charge >= 0.3 is 6.61 Å². The molecule has 0 radical (unpaired) electrons. The van der Waals surface area contributed by atoms with Crippen LogP contribution in [0, 0.1) is 6.92 Å². The molecule has 0 bridgehead atoms. The lowest BCUT2D eigenvalue weighted by molar-refractivity contribution is -0.114. The van der Waals surface area contributed by atoms with Crippen molar-refractivity contribution < 1.29 is 26.7 Å². The number of sulfonamides is 1. The molecule has 0 heterocycles. The van der Waals surface area contributed by atoms with Crippen molar-refractivity contribution in [1.82, 2.24) is 0 Å². The maximum atomic E-state index is 12.5. The van der Waals surface area contributed by atoms with Crippen LogP contribution in [-0.4, -0.2) is 20.9 Å². The molecule has 2 N–H and O–H groups in total. The molecule has 2 aromatic rings. The number of carbonyl (C=O) groups is 1. The Balaban J connectivity index is 2.29. The van der Waals surface area contributed by atoms with Crippen molar-refractivity contribution in [2.75, 3.05) is 10.0 Å². The zero-order valence-electron chi connectivity index (χ0n) is 13.7. The Bertz CT molecular complexity index is 936. The number of hydrogen-bond acceptors (Lipinski definition) is 4. The van der Waals surface area contributed by atoms with Gasteiger partial charge in [0.1, 0.15) is 5.75 Å². The third-order valence-corrected chi connectivity index (χ3v) is 4.90. The average Bonchev–Trinajstić information content (AvgIpc) is 2.51. The molecule has 6 nitrogen and oxygen atoms in total. The van der Waals surface area contributed by atoms with Crippen LogP contribution in [0.4, 0.5) is 20.2 Å². The minimum atomic E-state index is -4.03. The number of anilines is 2. The first-order valence-corrected chi connectivity index (χ1v) is 9.10. The van der Waals surface area contributed by atoms with Crippen LogP contribution in [0.1, 0.15) is 12.5 Å². The van der Waals surface area contributed by atoms with Gasteiger partial charge in [-0.1, -0.05) is 17.7 Å². The molecule has 0 unspecified atom stereocenters. The van der Waals surface area contributed by atoms with Gasteiger partial charge in [-0.15, -0.1) is 0 Å². The van der Waals surface area contributed by atoms with Crippen LogP contribution in [0.25, 0.3) is 0 Å². The number of benzene rings is 2. The summed E-state index contributed by atoms with van der Waals surface area (Å²) in [6, 6.07) is 7.76. The van der Waals surface area contributed by atoms with Gasteiger partial charge in [-0.3, -0.25) is 9.52 Å². The van der Waals surface area contributed by atoms with E-state index in [-0.39, 0.29) is 27.3 Å². The maximum Gasteiger partial charge on any atom is 0.387 e. The highest BCUT2D eigenvalue weighted by Gasteiger charge is 2.18. The van der Waals surface area contributed by atoms with Gasteiger partial charge in [0.15, 0.2) is 0 Å². The summed E-state index contributed by atoms with van der Waals surface area (Å²) >= 11 is 5.79. The van der Waals surface area contributed by atoms with E-state index in [4.69, 9.17) is 11.6 Å². The number of rotatable bonds is 6. The third kappa shape index (κ3) is 5.06. The molecule has 2 aromatic carbocycles. The second kappa shape index (κ2) is 7.88. The zero-order chi connectivity index (χ0) is 19.5. The predicted molar refractivity (Wildman–Crippen MR) is 94.4 cm³/mol. The molecule has 2 rings (SSSR count). The highest BCUT2D eigenvalue weighted by atomic mass is 35.5. The third-order valence-electron chi connectivity index (χ3n) is 3.23. The van der Waals surface area contributed by atoms with E-state index in [9.17, 15) is 22.0 Å². The Morgan fingerprint density at radius 1 is 1.19 bits per heavy atom. The molecule has 0 aliphatic carbocycles. The van der Waals surface area contributed by atoms with Gasteiger partial charge in [0, 0.05) is 12.6 Å². The lowest BCUT2D eigenvalue weighted by atomic mass is 10.2. The van der Waals surface area contributed by atoms with Crippen LogP contribution in [0.5, 0.6) is 5.75 Å². The Kier molecular flexibility index (Phi) is 6.04. The summed E-state index contributed by atoms with van der Waals surface area (Å²) in [6.45, 7) is 0.0136. The zero-order valence-corrected chi connectivity index (χ0v) is 15.3. The number of hydrogen-bond donors (Lipinski definition) is 2. The molecule has 26 heavy (non-hydrogen) atoms. The van der Waals surface area contributed by atoms with Gasteiger partial charge in [0.2, 0.25) is 5.91 Å². The number of aryl methyl sites for hydroxylation is 1. The fourth-order valence-corrected chi connectivity index (χ4v) is 3.43. The van der Waals surface area contributed by atoms with E-state index >= 15 is 0 Å². The molecule has 1 amide bonds. The van der Waals surface area contributed by atoms with E-state index in [1.807, 2.05) is 0 Å². The number of halogens is 3. The summed E-state index contributed by atoms with van der Waals surface area (Å²) in [4.78, 5) is 11.0. The normalized spacial score (nSPS) is 11.3. The molecule has 0 aliphatic heterocycles. The van der Waals surface area contributed by atoms with Crippen LogP contribution >= 0.6 is 11.6 Å². The first-order valence-electron chi connectivity index (χ1n) is 7.24. The van der Waals surface area contributed by atoms with Crippen LogP contribution in [-0.2, 0) is 14.8 Å². The largest absolute Gasteiger partial charge is 0.433 e. The van der Waals surface area contributed by atoms with Crippen molar-refractivity contribution in [3.8, 4) is 5.75 Å². The fourth-order valence-electron chi connectivity index (χ4n) is 2.06. The first-order chi connectivity index (χ1) is 12.1. The predicted octanol–water partition coefficient (Wildman–Crippen LogP) is 4.01. The Morgan fingerprint density at radius 3 is 2.46 bits per heavy atom. The number of amides is 1. The standard InChI is InChI=1S/C16H15ClF2N2O4S/c1-9-3-4-11(7-14(9)20-10(2)22)21-26(23,24)12-5-6-15(13(17)8-12)25-16(18)19/h3-8,16,21H,1-2H3,(H,20,22). The highest BCUT2D eigenvalue weighted by molar-refractivity contribution is 7.92. The Labute approximate surface area is 154 Å². The molecule has 0 saturated carbocycles. The number of ether oxygens (including phenoxy) is 1. The molecular weight excluding hydrogens is 390 g/mol. The Morgan fingerprint density at radius 2 is 1.88 bits per heavy atom. The summed E-state index contributed by atoms with van der Waals surface area (Å²) in [6.07, 6.45) is 0. The van der Waals surface area contributed by atoms with E-state index in [1.165, 1.54) is 19.1 Å². The van der Waals surface area contributed by atoms with Crippen molar-refractivity contribution in [1.29, 1.82) is 0 Å². The minimum absolute atomic E-state index is 0.211. The van der Waals surface area contributed by atoms with Gasteiger partial charge in [-0.2, -0.15) is 8.78 Å². The van der Waals surface area contributed by atoms with Crippen molar-refractivity contribution in [3.05, 3.63) is 47.0 Å². The molecule has 10 heteroatoms. The molecule has 0 atom stereocenters. The fraction of sp³-hybridized carbons (Fsp3) is 0.188. The smallest absolute Gasteiger partial charge is 0.387 e. The van der Waals surface area contributed by atoms with Gasteiger partial charge in [-0.25, -0.2) is 8.42 Å². The number of nitrogens with one attached hydrogen (secondary N) is 2. The second-order valence-electron chi connectivity index (χ2n) is 5.29. The maximum absolute atomic E-state index is 12.5. The Hall–Kier alpha value is -2.39. The topological polar surface area (TPSA) is 84.5 Å². The summed E-state index contributed by atoms with van der Waals surface area (Å²) in [5.74, 6) is -0.626. The van der Waals surface area contributed by atoms with E-state index < -0.39 is 16.6 Å². The van der Waals surface area contributed by atoms with E-state index in [2.05, 4.69) is 14.8 Å². The number of carbonyl (C=O) groups excluding carboxylic acids is 1. The van der Waals surface area contributed by atoms with Gasteiger partial charge < -0.3 is 10.1 Å². The summed E-state index contributed by atoms with van der Waals surface area (Å²) < 4.78 is 55.9. The van der Waals surface area contributed by atoms with E-state index in [1.54, 1.807) is 13.0 Å². The molecule has 0 saturated heterocycles. The molecule has 0 spiro atoms. The summed E-state index contributed by atoms with van der Waals surface area (Å²) in [7, 11) is -4.03. The molecule has 140 valence electrons. The SMILES string of the molecule is CC(=O)Nc1cc(NS(=O)(=O)c2ccc(OC(F)F)c(Cl)c2)ccc1C.